The molecule has 0 saturated heterocycles. The van der Waals surface area contributed by atoms with E-state index in [9.17, 15) is 4.79 Å². The molecule has 0 radical (unpaired) electrons. The van der Waals surface area contributed by atoms with Crippen LogP contribution in [0.2, 0.25) is 0 Å². The average Bonchev–Trinajstić information content (AvgIpc) is 2.96. The van der Waals surface area contributed by atoms with E-state index in [1.54, 1.807) is 11.2 Å². The summed E-state index contributed by atoms with van der Waals surface area (Å²) in [5.41, 5.74) is 4.35. The average molecular weight is 270 g/mol. The van der Waals surface area contributed by atoms with E-state index in [-0.39, 0.29) is 11.9 Å². The molecule has 1 amide bonds. The van der Waals surface area contributed by atoms with Crippen molar-refractivity contribution >= 4 is 11.6 Å². The fraction of sp³-hybridized carbons (Fsp3) is 0.312. The number of hydrogen-bond donors (Lipinski definition) is 1. The number of rotatable bonds is 3. The SMILES string of the molecule is CNC(c1coc(C)c1)c1ccc2c(c1)CC(=O)N2C. The monoisotopic (exact) mass is 270 g/mol. The van der Waals surface area contributed by atoms with Crippen LogP contribution in [0.15, 0.2) is 34.9 Å². The first kappa shape index (κ1) is 12.9. The van der Waals surface area contributed by atoms with E-state index >= 15 is 0 Å². The summed E-state index contributed by atoms with van der Waals surface area (Å²) in [4.78, 5) is 13.5. The number of aryl methyl sites for hydroxylation is 1. The second kappa shape index (κ2) is 4.80. The van der Waals surface area contributed by atoms with Gasteiger partial charge >= 0.3 is 0 Å². The molecule has 0 saturated carbocycles. The molecule has 104 valence electrons. The van der Waals surface area contributed by atoms with E-state index in [0.29, 0.717) is 6.42 Å². The first-order valence-corrected chi connectivity index (χ1v) is 6.72. The maximum atomic E-state index is 11.8. The van der Waals surface area contributed by atoms with Gasteiger partial charge in [-0.1, -0.05) is 12.1 Å². The summed E-state index contributed by atoms with van der Waals surface area (Å²) >= 11 is 0. The molecule has 1 unspecified atom stereocenters. The fourth-order valence-electron chi connectivity index (χ4n) is 2.81. The number of nitrogens with zero attached hydrogens (tertiary/aromatic N) is 1. The zero-order valence-electron chi connectivity index (χ0n) is 11.9. The first-order chi connectivity index (χ1) is 9.60. The molecule has 3 rings (SSSR count). The van der Waals surface area contributed by atoms with E-state index in [1.165, 1.54) is 0 Å². The van der Waals surface area contributed by atoms with Crippen LogP contribution >= 0.6 is 0 Å². The molecule has 1 atom stereocenters. The minimum absolute atomic E-state index is 0.0822. The number of carbonyl (C=O) groups is 1. The van der Waals surface area contributed by atoms with Crippen molar-refractivity contribution in [3.05, 3.63) is 53.0 Å². The molecule has 0 fully saturated rings. The van der Waals surface area contributed by atoms with Crippen LogP contribution in [0.3, 0.4) is 0 Å². The Balaban J connectivity index is 1.98. The van der Waals surface area contributed by atoms with Crippen molar-refractivity contribution < 1.29 is 9.21 Å². The predicted molar refractivity (Wildman–Crippen MR) is 77.9 cm³/mol. The minimum atomic E-state index is 0.0822. The number of anilines is 1. The molecule has 1 aromatic heterocycles. The number of furan rings is 1. The lowest BCUT2D eigenvalue weighted by Crippen LogP contribution is -2.20. The third-order valence-corrected chi connectivity index (χ3v) is 3.89. The third-order valence-electron chi connectivity index (χ3n) is 3.89. The number of hydrogen-bond acceptors (Lipinski definition) is 3. The summed E-state index contributed by atoms with van der Waals surface area (Å²) in [6.07, 6.45) is 2.27. The van der Waals surface area contributed by atoms with Crippen LogP contribution < -0.4 is 10.2 Å². The maximum Gasteiger partial charge on any atom is 0.231 e. The van der Waals surface area contributed by atoms with Crippen molar-refractivity contribution in [2.75, 3.05) is 19.0 Å². The number of benzene rings is 1. The number of fused-ring (bicyclic) bond motifs is 1. The molecule has 2 heterocycles. The summed E-state index contributed by atoms with van der Waals surface area (Å²) in [6, 6.07) is 8.31. The highest BCUT2D eigenvalue weighted by atomic mass is 16.3. The Morgan fingerprint density at radius 3 is 2.75 bits per heavy atom. The fourth-order valence-corrected chi connectivity index (χ4v) is 2.81. The third kappa shape index (κ3) is 2.02. The Bertz CT molecular complexity index is 660. The van der Waals surface area contributed by atoms with Crippen LogP contribution in [-0.2, 0) is 11.2 Å². The van der Waals surface area contributed by atoms with Crippen LogP contribution in [0.4, 0.5) is 5.69 Å². The molecule has 1 aliphatic rings. The molecule has 1 N–H and O–H groups in total. The summed E-state index contributed by atoms with van der Waals surface area (Å²) in [6.45, 7) is 1.94. The van der Waals surface area contributed by atoms with E-state index in [1.807, 2.05) is 33.2 Å². The van der Waals surface area contributed by atoms with E-state index in [0.717, 1.165) is 28.1 Å². The number of carbonyl (C=O) groups excluding carboxylic acids is 1. The van der Waals surface area contributed by atoms with Crippen molar-refractivity contribution in [1.29, 1.82) is 0 Å². The van der Waals surface area contributed by atoms with Crippen LogP contribution in [0.5, 0.6) is 0 Å². The van der Waals surface area contributed by atoms with Crippen molar-refractivity contribution in [3.63, 3.8) is 0 Å². The van der Waals surface area contributed by atoms with Gasteiger partial charge in [-0.15, -0.1) is 0 Å². The van der Waals surface area contributed by atoms with Gasteiger partial charge in [0.1, 0.15) is 5.76 Å². The quantitative estimate of drug-likeness (QED) is 0.931. The van der Waals surface area contributed by atoms with Crippen LogP contribution in [0.1, 0.15) is 28.5 Å². The van der Waals surface area contributed by atoms with Crippen LogP contribution in [0, 0.1) is 6.92 Å². The van der Waals surface area contributed by atoms with Gasteiger partial charge in [0.05, 0.1) is 18.7 Å². The van der Waals surface area contributed by atoms with Crippen LogP contribution in [-0.4, -0.2) is 20.0 Å². The minimum Gasteiger partial charge on any atom is -0.469 e. The van der Waals surface area contributed by atoms with Gasteiger partial charge in [-0.05, 0) is 37.2 Å². The van der Waals surface area contributed by atoms with Crippen molar-refractivity contribution in [3.8, 4) is 0 Å². The van der Waals surface area contributed by atoms with Gasteiger partial charge in [0.25, 0.3) is 0 Å². The Hall–Kier alpha value is -2.07. The predicted octanol–water partition coefficient (Wildman–Crippen LogP) is 2.42. The Kier molecular flexibility index (Phi) is 3.10. The second-order valence-electron chi connectivity index (χ2n) is 5.23. The maximum absolute atomic E-state index is 11.8. The van der Waals surface area contributed by atoms with Gasteiger partial charge in [0.2, 0.25) is 5.91 Å². The number of nitrogens with one attached hydrogen (secondary N) is 1. The van der Waals surface area contributed by atoms with Gasteiger partial charge in [-0.2, -0.15) is 0 Å². The molecule has 0 aliphatic carbocycles. The van der Waals surface area contributed by atoms with Crippen LogP contribution in [0.25, 0.3) is 0 Å². The van der Waals surface area contributed by atoms with Gasteiger partial charge in [0, 0.05) is 18.3 Å². The van der Waals surface area contributed by atoms with E-state index < -0.39 is 0 Å². The Labute approximate surface area is 118 Å². The summed E-state index contributed by atoms with van der Waals surface area (Å²) < 4.78 is 5.39. The zero-order valence-corrected chi connectivity index (χ0v) is 11.9. The molecule has 0 spiro atoms. The highest BCUT2D eigenvalue weighted by Crippen LogP contribution is 2.32. The molecule has 4 heteroatoms. The molecule has 4 nitrogen and oxygen atoms in total. The zero-order chi connectivity index (χ0) is 14.3. The lowest BCUT2D eigenvalue weighted by molar-refractivity contribution is -0.117. The number of amides is 1. The Morgan fingerprint density at radius 2 is 2.10 bits per heavy atom. The van der Waals surface area contributed by atoms with E-state index in [4.69, 9.17) is 4.42 Å². The summed E-state index contributed by atoms with van der Waals surface area (Å²) in [5.74, 6) is 1.05. The Morgan fingerprint density at radius 1 is 1.30 bits per heavy atom. The highest BCUT2D eigenvalue weighted by molar-refractivity contribution is 6.00. The van der Waals surface area contributed by atoms with Gasteiger partial charge in [0.15, 0.2) is 0 Å². The van der Waals surface area contributed by atoms with Gasteiger partial charge in [-0.25, -0.2) is 0 Å². The number of likely N-dealkylation sites (N-methyl/N-ethyl adjacent to an activating group) is 1. The molecule has 1 aromatic carbocycles. The standard InChI is InChI=1S/C16H18N2O2/c1-10-6-13(9-20-10)16(17-2)11-4-5-14-12(7-11)8-15(19)18(14)3/h4-7,9,16-17H,8H2,1-3H3. The van der Waals surface area contributed by atoms with Crippen molar-refractivity contribution in [2.24, 2.45) is 0 Å². The second-order valence-corrected chi connectivity index (χ2v) is 5.23. The molecule has 20 heavy (non-hydrogen) atoms. The smallest absolute Gasteiger partial charge is 0.231 e. The van der Waals surface area contributed by atoms with Crippen molar-refractivity contribution in [2.45, 2.75) is 19.4 Å². The molecule has 2 aromatic rings. The van der Waals surface area contributed by atoms with Gasteiger partial charge in [-0.3, -0.25) is 4.79 Å². The lowest BCUT2D eigenvalue weighted by atomic mass is 9.98. The normalized spacial score (nSPS) is 15.6. The van der Waals surface area contributed by atoms with E-state index in [2.05, 4.69) is 17.4 Å². The topological polar surface area (TPSA) is 45.5 Å². The molecular weight excluding hydrogens is 252 g/mol. The highest BCUT2D eigenvalue weighted by Gasteiger charge is 2.25. The largest absolute Gasteiger partial charge is 0.469 e. The molecule has 0 bridgehead atoms. The molecule has 1 aliphatic heterocycles. The van der Waals surface area contributed by atoms with Gasteiger partial charge < -0.3 is 14.6 Å². The lowest BCUT2D eigenvalue weighted by Gasteiger charge is -2.17. The first-order valence-electron chi connectivity index (χ1n) is 6.72. The summed E-state index contributed by atoms with van der Waals surface area (Å²) in [5, 5.41) is 3.30. The van der Waals surface area contributed by atoms with Crippen molar-refractivity contribution in [1.82, 2.24) is 5.32 Å². The molecular formula is C16H18N2O2. The summed E-state index contributed by atoms with van der Waals surface area (Å²) in [7, 11) is 3.75.